The number of carbonyl (C=O) groups excluding carboxylic acids is 3. The lowest BCUT2D eigenvalue weighted by Crippen LogP contribution is -2.51. The Kier molecular flexibility index (Phi) is 11.8. The number of hydrogen-bond acceptors (Lipinski definition) is 8. The molecule has 0 spiro atoms. The average Bonchev–Trinajstić information content (AvgIpc) is 2.97. The number of aliphatic hydroxyl groups is 1. The van der Waals surface area contributed by atoms with Crippen LogP contribution in [0.15, 0.2) is 60.9 Å². The van der Waals surface area contributed by atoms with Gasteiger partial charge in [0.15, 0.2) is 5.75 Å². The van der Waals surface area contributed by atoms with Crippen LogP contribution in [0.2, 0.25) is 0 Å². The minimum absolute atomic E-state index is 0.0163. The van der Waals surface area contributed by atoms with Crippen molar-refractivity contribution in [2.45, 2.75) is 19.5 Å². The molecule has 0 saturated carbocycles. The highest BCUT2D eigenvalue weighted by Gasteiger charge is 2.36. The molecule has 3 heterocycles. The van der Waals surface area contributed by atoms with Crippen LogP contribution < -0.4 is 15.0 Å². The van der Waals surface area contributed by atoms with E-state index in [4.69, 9.17) is 9.47 Å². The van der Waals surface area contributed by atoms with E-state index in [2.05, 4.69) is 16.9 Å². The van der Waals surface area contributed by atoms with Crippen LogP contribution in [0.1, 0.15) is 18.2 Å². The molecule has 2 aliphatic rings. The fourth-order valence-electron chi connectivity index (χ4n) is 4.46. The van der Waals surface area contributed by atoms with Crippen LogP contribution >= 0.6 is 0 Å². The van der Waals surface area contributed by atoms with Gasteiger partial charge in [-0.2, -0.15) is 13.2 Å². The summed E-state index contributed by atoms with van der Waals surface area (Å²) in [4.78, 5) is 46.5. The second kappa shape index (κ2) is 15.3. The number of nitrogens with zero attached hydrogens (tertiary/aromatic N) is 4. The van der Waals surface area contributed by atoms with E-state index in [9.17, 15) is 37.1 Å². The molecule has 11 nitrogen and oxygen atoms in total. The van der Waals surface area contributed by atoms with Crippen molar-refractivity contribution in [3.8, 4) is 5.75 Å². The van der Waals surface area contributed by atoms with Crippen molar-refractivity contribution in [2.24, 2.45) is 0 Å². The van der Waals surface area contributed by atoms with Gasteiger partial charge in [0.1, 0.15) is 17.1 Å². The second-order valence-corrected chi connectivity index (χ2v) is 9.73. The van der Waals surface area contributed by atoms with E-state index < -0.39 is 36.2 Å². The normalized spacial score (nSPS) is 16.4. The monoisotopic (exact) mass is 623 g/mol. The molecule has 0 atom stereocenters. The van der Waals surface area contributed by atoms with Gasteiger partial charge in [0.25, 0.3) is 5.91 Å². The number of piperazine rings is 1. The number of aliphatic hydroxyl groups excluding tert-OH is 1. The first-order chi connectivity index (χ1) is 20.9. The standard InChI is InChI=1S/C29H33F4N5O6/c1-4-20(6-5-7-30)14-21-16-35-25(22(40)15-24(41)34-8-13-43-3)26-27(21)44-23(17-38(26)19(2)39)28(42)37-11-9-36(10-12-37)18-29(31,32)33/h4-7,15-17,40H,1,8-14,18H2,2-3H3,(H,34,41)/b7-5+,20-6+,22-15-. The van der Waals surface area contributed by atoms with E-state index in [0.29, 0.717) is 17.5 Å². The van der Waals surface area contributed by atoms with Crippen LogP contribution in [-0.2, 0) is 25.5 Å². The molecule has 0 aromatic carbocycles. The average molecular weight is 624 g/mol. The third kappa shape index (κ3) is 9.00. The summed E-state index contributed by atoms with van der Waals surface area (Å²) in [6.45, 7) is 4.11. The molecule has 1 fully saturated rings. The molecule has 1 aromatic heterocycles. The SMILES string of the molecule is C=C/C(=C\C=C\F)Cc1cnc(/C(O)=C/C(=O)NCCOC)c2c1OC(C(=O)N1CCN(CC(F)(F)F)CC1)=CN2C(C)=O. The summed E-state index contributed by atoms with van der Waals surface area (Å²) in [5.41, 5.74) is 0.551. The number of carbonyl (C=O) groups is 3. The Bertz CT molecular complexity index is 1380. The number of pyridine rings is 1. The Morgan fingerprint density at radius 3 is 2.52 bits per heavy atom. The Morgan fingerprint density at radius 1 is 1.23 bits per heavy atom. The van der Waals surface area contributed by atoms with E-state index in [0.717, 1.165) is 23.3 Å². The highest BCUT2D eigenvalue weighted by molar-refractivity contribution is 6.04. The topological polar surface area (TPSA) is 125 Å². The molecule has 2 N–H and O–H groups in total. The Hall–Kier alpha value is -4.50. The van der Waals surface area contributed by atoms with Crippen LogP contribution in [-0.4, -0.2) is 96.8 Å². The molecular weight excluding hydrogens is 590 g/mol. The molecule has 44 heavy (non-hydrogen) atoms. The van der Waals surface area contributed by atoms with Crippen LogP contribution in [0, 0.1) is 0 Å². The summed E-state index contributed by atoms with van der Waals surface area (Å²) in [6.07, 6.45) is 3.29. The van der Waals surface area contributed by atoms with Crippen molar-refractivity contribution in [2.75, 3.05) is 57.9 Å². The first kappa shape index (κ1) is 34.0. The van der Waals surface area contributed by atoms with Crippen molar-refractivity contribution in [1.82, 2.24) is 20.1 Å². The number of anilines is 1. The maximum Gasteiger partial charge on any atom is 0.401 e. The van der Waals surface area contributed by atoms with Gasteiger partial charge in [-0.15, -0.1) is 0 Å². The number of ether oxygens (including phenoxy) is 2. The van der Waals surface area contributed by atoms with Crippen LogP contribution in [0.4, 0.5) is 23.2 Å². The van der Waals surface area contributed by atoms with E-state index >= 15 is 0 Å². The summed E-state index contributed by atoms with van der Waals surface area (Å²) in [6, 6.07) is 0. The van der Waals surface area contributed by atoms with Crippen LogP contribution in [0.25, 0.3) is 5.76 Å². The lowest BCUT2D eigenvalue weighted by Gasteiger charge is -2.36. The van der Waals surface area contributed by atoms with E-state index in [-0.39, 0.29) is 68.6 Å². The van der Waals surface area contributed by atoms with E-state index in [1.165, 1.54) is 42.2 Å². The lowest BCUT2D eigenvalue weighted by molar-refractivity contribution is -0.151. The zero-order valence-corrected chi connectivity index (χ0v) is 24.2. The van der Waals surface area contributed by atoms with Crippen molar-refractivity contribution in [3.05, 3.63) is 72.2 Å². The van der Waals surface area contributed by atoms with Crippen LogP contribution in [0.5, 0.6) is 5.75 Å². The molecule has 238 valence electrons. The third-order valence-electron chi connectivity index (χ3n) is 6.55. The number of allylic oxidation sites excluding steroid dienone is 4. The number of hydrogen-bond donors (Lipinski definition) is 2. The summed E-state index contributed by atoms with van der Waals surface area (Å²) in [7, 11) is 1.45. The van der Waals surface area contributed by atoms with Gasteiger partial charge in [-0.05, 0) is 11.6 Å². The number of rotatable bonds is 11. The predicted octanol–water partition coefficient (Wildman–Crippen LogP) is 3.17. The van der Waals surface area contributed by atoms with Gasteiger partial charge in [0.05, 0.1) is 25.7 Å². The molecule has 3 rings (SSSR count). The van der Waals surface area contributed by atoms with Gasteiger partial charge in [0, 0.05) is 71.0 Å². The number of aromatic nitrogens is 1. The summed E-state index contributed by atoms with van der Waals surface area (Å²) in [5, 5.41) is 13.4. The van der Waals surface area contributed by atoms with Crippen molar-refractivity contribution in [3.63, 3.8) is 0 Å². The van der Waals surface area contributed by atoms with E-state index in [1.807, 2.05) is 0 Å². The minimum Gasteiger partial charge on any atom is -0.505 e. The second-order valence-electron chi connectivity index (χ2n) is 9.73. The number of methoxy groups -OCH3 is 1. The van der Waals surface area contributed by atoms with Crippen molar-refractivity contribution >= 4 is 29.2 Å². The lowest BCUT2D eigenvalue weighted by atomic mass is 10.0. The highest BCUT2D eigenvalue weighted by atomic mass is 19.4. The van der Waals surface area contributed by atoms with Gasteiger partial charge >= 0.3 is 6.18 Å². The largest absolute Gasteiger partial charge is 0.505 e. The maximum absolute atomic E-state index is 13.5. The van der Waals surface area contributed by atoms with Gasteiger partial charge in [0.2, 0.25) is 17.6 Å². The summed E-state index contributed by atoms with van der Waals surface area (Å²) in [5.74, 6) is -2.91. The van der Waals surface area contributed by atoms with Gasteiger partial charge in [-0.3, -0.25) is 29.2 Å². The van der Waals surface area contributed by atoms with Gasteiger partial charge < -0.3 is 24.8 Å². The van der Waals surface area contributed by atoms with Crippen molar-refractivity contribution in [1.29, 1.82) is 0 Å². The van der Waals surface area contributed by atoms with Crippen molar-refractivity contribution < 1.29 is 46.5 Å². The number of amides is 3. The zero-order chi connectivity index (χ0) is 32.4. The fraction of sp³-hybridized carbons (Fsp3) is 0.379. The van der Waals surface area contributed by atoms with Gasteiger partial charge in [-0.1, -0.05) is 18.7 Å². The summed E-state index contributed by atoms with van der Waals surface area (Å²) < 4.78 is 62.1. The molecule has 2 aliphatic heterocycles. The molecule has 1 saturated heterocycles. The Morgan fingerprint density at radius 2 is 1.93 bits per heavy atom. The highest BCUT2D eigenvalue weighted by Crippen LogP contribution is 2.42. The smallest absolute Gasteiger partial charge is 0.401 e. The molecule has 3 amide bonds. The zero-order valence-electron chi connectivity index (χ0n) is 24.2. The Balaban J connectivity index is 2.03. The molecule has 15 heteroatoms. The first-order valence-corrected chi connectivity index (χ1v) is 13.4. The third-order valence-corrected chi connectivity index (χ3v) is 6.55. The molecule has 1 aromatic rings. The Labute approximate surface area is 251 Å². The molecular formula is C29H33F4N5O6. The van der Waals surface area contributed by atoms with E-state index in [1.54, 1.807) is 0 Å². The molecule has 0 aliphatic carbocycles. The summed E-state index contributed by atoms with van der Waals surface area (Å²) >= 11 is 0. The number of nitrogens with one attached hydrogen (secondary N) is 1. The number of halogens is 4. The number of alkyl halides is 3. The maximum atomic E-state index is 13.5. The number of fused-ring (bicyclic) bond motifs is 1. The minimum atomic E-state index is -4.38. The van der Waals surface area contributed by atoms with Gasteiger partial charge in [-0.25, -0.2) is 4.39 Å². The van der Waals surface area contributed by atoms with Crippen LogP contribution in [0.3, 0.4) is 0 Å². The fourth-order valence-corrected chi connectivity index (χ4v) is 4.46. The molecule has 0 unspecified atom stereocenters. The predicted molar refractivity (Wildman–Crippen MR) is 153 cm³/mol. The quantitative estimate of drug-likeness (QED) is 0.127. The first-order valence-electron chi connectivity index (χ1n) is 13.4. The molecule has 0 radical (unpaired) electrons. The molecule has 0 bridgehead atoms.